The normalized spacial score (nSPS) is 24.8. The Hall–Kier alpha value is -2.26. The summed E-state index contributed by atoms with van der Waals surface area (Å²) >= 11 is 0. The van der Waals surface area contributed by atoms with Gasteiger partial charge in [-0.3, -0.25) is 4.79 Å². The number of amides is 1. The molecule has 3 fully saturated rings. The van der Waals surface area contributed by atoms with Crippen molar-refractivity contribution in [2.45, 2.75) is 31.3 Å². The van der Waals surface area contributed by atoms with Gasteiger partial charge in [0.2, 0.25) is 5.91 Å². The fourth-order valence-corrected chi connectivity index (χ4v) is 4.07. The van der Waals surface area contributed by atoms with Crippen LogP contribution in [0.25, 0.3) is 5.65 Å². The minimum atomic E-state index is -0.0197. The summed E-state index contributed by atoms with van der Waals surface area (Å²) in [4.78, 5) is 15.9. The minimum absolute atomic E-state index is 0.0197. The van der Waals surface area contributed by atoms with Crippen LogP contribution in [0, 0.1) is 0 Å². The molecule has 3 saturated heterocycles. The zero-order valence-electron chi connectivity index (χ0n) is 15.4. The molecule has 2 aromatic heterocycles. The highest BCUT2D eigenvalue weighted by Crippen LogP contribution is 2.28. The second-order valence-corrected chi connectivity index (χ2v) is 7.67. The van der Waals surface area contributed by atoms with E-state index in [4.69, 9.17) is 9.84 Å². The fourth-order valence-electron chi connectivity index (χ4n) is 4.07. The SMILES string of the molecule is O=C1COC(CN2CCC(c3nnc4ccc(N5CCC5)nn34)CC2)CN1. The van der Waals surface area contributed by atoms with Gasteiger partial charge in [-0.15, -0.1) is 15.3 Å². The summed E-state index contributed by atoms with van der Waals surface area (Å²) in [6.07, 6.45) is 3.40. The number of nitrogens with one attached hydrogen (secondary N) is 1. The number of likely N-dealkylation sites (tertiary alicyclic amines) is 1. The van der Waals surface area contributed by atoms with Crippen molar-refractivity contribution in [3.05, 3.63) is 18.0 Å². The van der Waals surface area contributed by atoms with Crippen LogP contribution in [0.3, 0.4) is 0 Å². The summed E-state index contributed by atoms with van der Waals surface area (Å²) in [7, 11) is 0. The summed E-state index contributed by atoms with van der Waals surface area (Å²) in [5.41, 5.74) is 0.822. The predicted octanol–water partition coefficient (Wildman–Crippen LogP) is 0.0288. The molecule has 1 atom stereocenters. The number of carbonyl (C=O) groups is 1. The molecule has 0 radical (unpaired) electrons. The first kappa shape index (κ1) is 16.9. The largest absolute Gasteiger partial charge is 0.365 e. The third-order valence-corrected chi connectivity index (χ3v) is 5.84. The van der Waals surface area contributed by atoms with Crippen molar-refractivity contribution in [3.63, 3.8) is 0 Å². The van der Waals surface area contributed by atoms with Gasteiger partial charge < -0.3 is 19.9 Å². The molecule has 1 N–H and O–H groups in total. The van der Waals surface area contributed by atoms with Gasteiger partial charge in [-0.2, -0.15) is 4.52 Å². The topological polar surface area (TPSA) is 87.9 Å². The van der Waals surface area contributed by atoms with E-state index >= 15 is 0 Å². The van der Waals surface area contributed by atoms with Gasteiger partial charge in [-0.1, -0.05) is 0 Å². The number of aromatic nitrogens is 4. The zero-order valence-corrected chi connectivity index (χ0v) is 15.4. The number of nitrogens with zero attached hydrogens (tertiary/aromatic N) is 6. The fraction of sp³-hybridized carbons (Fsp3) is 0.667. The van der Waals surface area contributed by atoms with Crippen molar-refractivity contribution in [3.8, 4) is 0 Å². The van der Waals surface area contributed by atoms with Gasteiger partial charge in [0.15, 0.2) is 11.5 Å². The van der Waals surface area contributed by atoms with Crippen LogP contribution >= 0.6 is 0 Å². The molecule has 0 aliphatic carbocycles. The van der Waals surface area contributed by atoms with Crippen LogP contribution in [0.2, 0.25) is 0 Å². The quantitative estimate of drug-likeness (QED) is 0.811. The lowest BCUT2D eigenvalue weighted by Gasteiger charge is -2.34. The Morgan fingerprint density at radius 1 is 1.15 bits per heavy atom. The second-order valence-electron chi connectivity index (χ2n) is 7.67. The highest BCUT2D eigenvalue weighted by molar-refractivity contribution is 5.77. The Kier molecular flexibility index (Phi) is 4.41. The van der Waals surface area contributed by atoms with E-state index in [9.17, 15) is 4.79 Å². The van der Waals surface area contributed by atoms with Gasteiger partial charge in [-0.25, -0.2) is 0 Å². The lowest BCUT2D eigenvalue weighted by atomic mass is 9.96. The lowest BCUT2D eigenvalue weighted by Crippen LogP contribution is -2.49. The molecule has 144 valence electrons. The van der Waals surface area contributed by atoms with Gasteiger partial charge in [-0.05, 0) is 44.5 Å². The summed E-state index contributed by atoms with van der Waals surface area (Å²) in [6, 6.07) is 4.06. The standard InChI is InChI=1S/C18H25N7O2/c26-17-12-27-14(10-19-17)11-23-8-4-13(5-9-23)18-21-20-15-2-3-16(22-25(15)18)24-6-1-7-24/h2-3,13-14H,1,4-12H2,(H,19,26). The number of ether oxygens (including phenoxy) is 1. The minimum Gasteiger partial charge on any atom is -0.365 e. The van der Waals surface area contributed by atoms with Crippen molar-refractivity contribution in [1.29, 1.82) is 0 Å². The van der Waals surface area contributed by atoms with Crippen LogP contribution in [0.4, 0.5) is 5.82 Å². The maximum atomic E-state index is 11.2. The van der Waals surface area contributed by atoms with Crippen molar-refractivity contribution in [2.75, 3.05) is 50.8 Å². The molecule has 0 aromatic carbocycles. The molecule has 5 rings (SSSR count). The molecule has 5 heterocycles. The summed E-state index contributed by atoms with van der Waals surface area (Å²) in [5.74, 6) is 2.35. The number of hydrogen-bond acceptors (Lipinski definition) is 7. The third kappa shape index (κ3) is 3.37. The molecule has 3 aliphatic rings. The maximum absolute atomic E-state index is 11.2. The average Bonchev–Trinajstić information content (AvgIpc) is 3.06. The van der Waals surface area contributed by atoms with E-state index in [0.29, 0.717) is 12.5 Å². The third-order valence-electron chi connectivity index (χ3n) is 5.84. The van der Waals surface area contributed by atoms with Gasteiger partial charge in [0, 0.05) is 32.1 Å². The van der Waals surface area contributed by atoms with Crippen molar-refractivity contribution < 1.29 is 9.53 Å². The Morgan fingerprint density at radius 3 is 2.70 bits per heavy atom. The van der Waals surface area contributed by atoms with Crippen LogP contribution in [-0.4, -0.2) is 82.6 Å². The Balaban J connectivity index is 1.23. The van der Waals surface area contributed by atoms with Crippen molar-refractivity contribution in [2.24, 2.45) is 0 Å². The van der Waals surface area contributed by atoms with E-state index in [1.165, 1.54) is 6.42 Å². The number of morpholine rings is 1. The first-order valence-electron chi connectivity index (χ1n) is 9.84. The summed E-state index contributed by atoms with van der Waals surface area (Å²) in [5, 5.41) is 16.4. The molecule has 1 amide bonds. The molecular weight excluding hydrogens is 346 g/mol. The van der Waals surface area contributed by atoms with Crippen LogP contribution < -0.4 is 10.2 Å². The Labute approximate surface area is 157 Å². The van der Waals surface area contributed by atoms with E-state index in [1.54, 1.807) is 0 Å². The second kappa shape index (κ2) is 7.05. The molecule has 0 spiro atoms. The zero-order chi connectivity index (χ0) is 18.2. The van der Waals surface area contributed by atoms with E-state index in [2.05, 4.69) is 25.3 Å². The van der Waals surface area contributed by atoms with E-state index < -0.39 is 0 Å². The van der Waals surface area contributed by atoms with Gasteiger partial charge >= 0.3 is 0 Å². The van der Waals surface area contributed by atoms with Crippen molar-refractivity contribution >= 4 is 17.4 Å². The first-order chi connectivity index (χ1) is 13.3. The molecule has 1 unspecified atom stereocenters. The van der Waals surface area contributed by atoms with Gasteiger partial charge in [0.25, 0.3) is 0 Å². The first-order valence-corrected chi connectivity index (χ1v) is 9.84. The number of carbonyl (C=O) groups excluding carboxylic acids is 1. The molecule has 9 heteroatoms. The predicted molar refractivity (Wildman–Crippen MR) is 98.8 cm³/mol. The molecule has 3 aliphatic heterocycles. The van der Waals surface area contributed by atoms with Crippen molar-refractivity contribution in [1.82, 2.24) is 30.0 Å². The number of rotatable bonds is 4. The number of piperidine rings is 1. The Morgan fingerprint density at radius 2 is 2.00 bits per heavy atom. The molecule has 9 nitrogen and oxygen atoms in total. The maximum Gasteiger partial charge on any atom is 0.246 e. The summed E-state index contributed by atoms with van der Waals surface area (Å²) < 4.78 is 7.54. The van der Waals surface area contributed by atoms with Gasteiger partial charge in [0.05, 0.1) is 6.10 Å². The smallest absolute Gasteiger partial charge is 0.246 e. The number of fused-ring (bicyclic) bond motifs is 1. The molecular formula is C18H25N7O2. The summed E-state index contributed by atoms with van der Waals surface area (Å²) in [6.45, 7) is 5.81. The van der Waals surface area contributed by atoms with E-state index in [1.807, 2.05) is 16.6 Å². The van der Waals surface area contributed by atoms with Crippen LogP contribution in [-0.2, 0) is 9.53 Å². The lowest BCUT2D eigenvalue weighted by molar-refractivity contribution is -0.134. The average molecular weight is 371 g/mol. The van der Waals surface area contributed by atoms with Crippen LogP contribution in [0.15, 0.2) is 12.1 Å². The highest BCUT2D eigenvalue weighted by Gasteiger charge is 2.28. The number of anilines is 1. The molecule has 0 bridgehead atoms. The number of hydrogen-bond donors (Lipinski definition) is 1. The highest BCUT2D eigenvalue weighted by atomic mass is 16.5. The molecule has 27 heavy (non-hydrogen) atoms. The monoisotopic (exact) mass is 371 g/mol. The molecule has 2 aromatic rings. The molecule has 0 saturated carbocycles. The van der Waals surface area contributed by atoms with Gasteiger partial charge in [0.1, 0.15) is 12.4 Å². The van der Waals surface area contributed by atoms with Crippen LogP contribution in [0.1, 0.15) is 31.0 Å². The van der Waals surface area contributed by atoms with E-state index in [0.717, 1.165) is 62.9 Å². The Bertz CT molecular complexity index is 816. The van der Waals surface area contributed by atoms with E-state index in [-0.39, 0.29) is 18.6 Å². The van der Waals surface area contributed by atoms with Crippen LogP contribution in [0.5, 0.6) is 0 Å².